The molecule has 0 fully saturated rings. The first-order chi connectivity index (χ1) is 11.1. The largest absolute Gasteiger partial charge is 0.493 e. The van der Waals surface area contributed by atoms with Crippen molar-refractivity contribution in [3.8, 4) is 11.5 Å². The van der Waals surface area contributed by atoms with Crippen LogP contribution in [0, 0.1) is 0 Å². The van der Waals surface area contributed by atoms with Gasteiger partial charge >= 0.3 is 6.09 Å². The molecule has 2 rings (SSSR count). The van der Waals surface area contributed by atoms with Crippen LogP contribution in [0.5, 0.6) is 11.5 Å². The van der Waals surface area contributed by atoms with Crippen LogP contribution in [0.25, 0.3) is 0 Å². The molecule has 0 aliphatic rings. The molecule has 5 nitrogen and oxygen atoms in total. The van der Waals surface area contributed by atoms with Crippen LogP contribution in [0.1, 0.15) is 19.4 Å². The number of amides is 1. The minimum Gasteiger partial charge on any atom is -0.493 e. The molecule has 5 heteroatoms. The summed E-state index contributed by atoms with van der Waals surface area (Å²) in [7, 11) is 1.57. The van der Waals surface area contributed by atoms with Gasteiger partial charge in [-0.1, -0.05) is 30.3 Å². The fraction of sp³-hybridized carbons (Fsp3) is 0.278. The maximum atomic E-state index is 11.9. The van der Waals surface area contributed by atoms with Gasteiger partial charge < -0.3 is 14.2 Å². The molecule has 1 amide bonds. The molecule has 0 aliphatic heterocycles. The third kappa shape index (κ3) is 5.21. The summed E-state index contributed by atoms with van der Waals surface area (Å²) in [5, 5.41) is 2.68. The fourth-order valence-corrected chi connectivity index (χ4v) is 1.98. The van der Waals surface area contributed by atoms with Crippen molar-refractivity contribution in [2.45, 2.75) is 26.6 Å². The van der Waals surface area contributed by atoms with Crippen molar-refractivity contribution < 1.29 is 19.0 Å². The smallest absolute Gasteiger partial charge is 0.411 e. The lowest BCUT2D eigenvalue weighted by molar-refractivity contribution is 0.155. The Labute approximate surface area is 136 Å². The van der Waals surface area contributed by atoms with E-state index in [4.69, 9.17) is 14.2 Å². The molecular formula is C18H21NO4. The fourth-order valence-electron chi connectivity index (χ4n) is 1.98. The third-order valence-corrected chi connectivity index (χ3v) is 2.99. The number of benzene rings is 2. The molecular weight excluding hydrogens is 294 g/mol. The first kappa shape index (κ1) is 16.7. The molecule has 122 valence electrons. The van der Waals surface area contributed by atoms with E-state index < -0.39 is 6.09 Å². The Morgan fingerprint density at radius 2 is 1.83 bits per heavy atom. The average molecular weight is 315 g/mol. The number of hydrogen-bond donors (Lipinski definition) is 1. The minimum atomic E-state index is -0.519. The molecule has 0 atom stereocenters. The Morgan fingerprint density at radius 1 is 1.09 bits per heavy atom. The Kier molecular flexibility index (Phi) is 5.86. The molecule has 0 spiro atoms. The maximum absolute atomic E-state index is 11.9. The number of carbonyl (C=O) groups excluding carboxylic acids is 1. The summed E-state index contributed by atoms with van der Waals surface area (Å²) >= 11 is 0. The highest BCUT2D eigenvalue weighted by Gasteiger charge is 2.10. The van der Waals surface area contributed by atoms with Crippen LogP contribution in [0.15, 0.2) is 48.5 Å². The zero-order valence-corrected chi connectivity index (χ0v) is 13.5. The number of methoxy groups -OCH3 is 1. The second-order valence-corrected chi connectivity index (χ2v) is 5.22. The summed E-state index contributed by atoms with van der Waals surface area (Å²) in [5.41, 5.74) is 1.51. The van der Waals surface area contributed by atoms with Crippen molar-refractivity contribution in [3.63, 3.8) is 0 Å². The van der Waals surface area contributed by atoms with Gasteiger partial charge in [-0.25, -0.2) is 4.79 Å². The highest BCUT2D eigenvalue weighted by atomic mass is 16.5. The Hall–Kier alpha value is -2.69. The second kappa shape index (κ2) is 8.08. The van der Waals surface area contributed by atoms with Crippen molar-refractivity contribution in [2.75, 3.05) is 12.4 Å². The number of anilines is 1. The number of hydrogen-bond acceptors (Lipinski definition) is 4. The maximum Gasteiger partial charge on any atom is 0.411 e. The molecule has 1 N–H and O–H groups in total. The molecule has 0 radical (unpaired) electrons. The SMILES string of the molecule is COc1ccc(NC(=O)OCc2ccccc2)cc1OC(C)C. The lowest BCUT2D eigenvalue weighted by Gasteiger charge is -2.15. The van der Waals surface area contributed by atoms with E-state index in [1.165, 1.54) is 0 Å². The second-order valence-electron chi connectivity index (χ2n) is 5.22. The van der Waals surface area contributed by atoms with Crippen LogP contribution < -0.4 is 14.8 Å². The van der Waals surface area contributed by atoms with E-state index in [1.54, 1.807) is 25.3 Å². The van der Waals surface area contributed by atoms with E-state index in [9.17, 15) is 4.79 Å². The Bertz CT molecular complexity index is 641. The summed E-state index contributed by atoms with van der Waals surface area (Å²) in [6.45, 7) is 4.07. The number of ether oxygens (including phenoxy) is 3. The topological polar surface area (TPSA) is 56.8 Å². The van der Waals surface area contributed by atoms with Gasteiger partial charge in [0.2, 0.25) is 0 Å². The summed E-state index contributed by atoms with van der Waals surface area (Å²) in [4.78, 5) is 11.9. The van der Waals surface area contributed by atoms with E-state index >= 15 is 0 Å². The van der Waals surface area contributed by atoms with Crippen LogP contribution in [0.2, 0.25) is 0 Å². The summed E-state index contributed by atoms with van der Waals surface area (Å²) in [5.74, 6) is 1.19. The molecule has 0 unspecified atom stereocenters. The van der Waals surface area contributed by atoms with Crippen molar-refractivity contribution in [1.82, 2.24) is 0 Å². The standard InChI is InChI=1S/C18H21NO4/c1-13(2)23-17-11-15(9-10-16(17)21-3)19-18(20)22-12-14-7-5-4-6-8-14/h4-11,13H,12H2,1-3H3,(H,19,20). The van der Waals surface area contributed by atoms with Crippen LogP contribution in [-0.2, 0) is 11.3 Å². The zero-order chi connectivity index (χ0) is 16.7. The van der Waals surface area contributed by atoms with Crippen LogP contribution in [0.4, 0.5) is 10.5 Å². The van der Waals surface area contributed by atoms with Crippen molar-refractivity contribution in [2.24, 2.45) is 0 Å². The summed E-state index contributed by atoms with van der Waals surface area (Å²) in [6, 6.07) is 14.7. The van der Waals surface area contributed by atoms with Crippen molar-refractivity contribution in [1.29, 1.82) is 0 Å². The summed E-state index contributed by atoms with van der Waals surface area (Å²) in [6.07, 6.45) is -0.515. The van der Waals surface area contributed by atoms with Gasteiger partial charge in [-0.2, -0.15) is 0 Å². The van der Waals surface area contributed by atoms with Gasteiger partial charge in [-0.15, -0.1) is 0 Å². The van der Waals surface area contributed by atoms with Gasteiger partial charge in [-0.05, 0) is 31.5 Å². The van der Waals surface area contributed by atoms with E-state index in [-0.39, 0.29) is 12.7 Å². The lowest BCUT2D eigenvalue weighted by Crippen LogP contribution is -2.14. The van der Waals surface area contributed by atoms with Gasteiger partial charge in [0.25, 0.3) is 0 Å². The van der Waals surface area contributed by atoms with Gasteiger partial charge in [0.15, 0.2) is 11.5 Å². The first-order valence-corrected chi connectivity index (χ1v) is 7.41. The number of rotatable bonds is 6. The highest BCUT2D eigenvalue weighted by Crippen LogP contribution is 2.31. The normalized spacial score (nSPS) is 10.3. The predicted octanol–water partition coefficient (Wildman–Crippen LogP) is 4.23. The quantitative estimate of drug-likeness (QED) is 0.866. The van der Waals surface area contributed by atoms with Crippen LogP contribution in [-0.4, -0.2) is 19.3 Å². The molecule has 0 aromatic heterocycles. The van der Waals surface area contributed by atoms with E-state index in [2.05, 4.69) is 5.32 Å². The molecule has 0 heterocycles. The molecule has 0 saturated carbocycles. The summed E-state index contributed by atoms with van der Waals surface area (Å²) < 4.78 is 16.1. The van der Waals surface area contributed by atoms with Crippen LogP contribution in [0.3, 0.4) is 0 Å². The van der Waals surface area contributed by atoms with E-state index in [0.29, 0.717) is 17.2 Å². The van der Waals surface area contributed by atoms with Gasteiger partial charge in [0.1, 0.15) is 6.61 Å². The minimum absolute atomic E-state index is 0.00387. The Morgan fingerprint density at radius 3 is 2.48 bits per heavy atom. The molecule has 2 aromatic rings. The molecule has 0 bridgehead atoms. The first-order valence-electron chi connectivity index (χ1n) is 7.41. The Balaban J connectivity index is 1.97. The molecule has 0 aliphatic carbocycles. The predicted molar refractivity (Wildman–Crippen MR) is 89.0 cm³/mol. The third-order valence-electron chi connectivity index (χ3n) is 2.99. The van der Waals surface area contributed by atoms with E-state index in [1.807, 2.05) is 44.2 Å². The van der Waals surface area contributed by atoms with Crippen molar-refractivity contribution in [3.05, 3.63) is 54.1 Å². The number of carbonyl (C=O) groups is 1. The van der Waals surface area contributed by atoms with Gasteiger partial charge in [-0.3, -0.25) is 5.32 Å². The molecule has 0 saturated heterocycles. The number of nitrogens with one attached hydrogen (secondary N) is 1. The average Bonchev–Trinajstić information content (AvgIpc) is 2.54. The van der Waals surface area contributed by atoms with E-state index in [0.717, 1.165) is 5.56 Å². The monoisotopic (exact) mass is 315 g/mol. The van der Waals surface area contributed by atoms with Gasteiger partial charge in [0, 0.05) is 11.8 Å². The van der Waals surface area contributed by atoms with Gasteiger partial charge in [0.05, 0.1) is 13.2 Å². The molecule has 23 heavy (non-hydrogen) atoms. The highest BCUT2D eigenvalue weighted by molar-refractivity contribution is 5.85. The van der Waals surface area contributed by atoms with Crippen LogP contribution >= 0.6 is 0 Å². The lowest BCUT2D eigenvalue weighted by atomic mass is 10.2. The molecule has 2 aromatic carbocycles. The van der Waals surface area contributed by atoms with Crippen molar-refractivity contribution >= 4 is 11.8 Å². The zero-order valence-electron chi connectivity index (χ0n) is 13.5.